The first-order valence-corrected chi connectivity index (χ1v) is 11.0. The largest absolute Gasteiger partial charge is 0.336 e. The Morgan fingerprint density at radius 1 is 1.31 bits per heavy atom. The van der Waals surface area contributed by atoms with Crippen molar-refractivity contribution in [2.45, 2.75) is 58.9 Å². The molecule has 0 spiro atoms. The lowest BCUT2D eigenvalue weighted by Gasteiger charge is -2.42. The number of urea groups is 1. The molecule has 1 aliphatic heterocycles. The molecule has 2 heterocycles. The SMILES string of the molecule is C=C(C)c1cc2c3c(c(C)n(NC(=O)N(CC)CC)c3c1)C[C@@H]1[C@@H]2CCCN1C. The highest BCUT2D eigenvalue weighted by molar-refractivity contribution is 5.95. The summed E-state index contributed by atoms with van der Waals surface area (Å²) in [6, 6.07) is 5.05. The van der Waals surface area contributed by atoms with Crippen molar-refractivity contribution in [1.29, 1.82) is 0 Å². The van der Waals surface area contributed by atoms with Crippen molar-refractivity contribution in [2.24, 2.45) is 0 Å². The maximum atomic E-state index is 12.9. The second kappa shape index (κ2) is 7.52. The van der Waals surface area contributed by atoms with Gasteiger partial charge in [0.25, 0.3) is 0 Å². The van der Waals surface area contributed by atoms with Gasteiger partial charge < -0.3 is 9.80 Å². The molecule has 1 N–H and O–H groups in total. The topological polar surface area (TPSA) is 40.5 Å². The summed E-state index contributed by atoms with van der Waals surface area (Å²) in [6.45, 7) is 15.0. The van der Waals surface area contributed by atoms with Crippen LogP contribution in [0.3, 0.4) is 0 Å². The molecule has 1 aliphatic carbocycles. The summed E-state index contributed by atoms with van der Waals surface area (Å²) in [5, 5.41) is 1.35. The molecule has 0 saturated carbocycles. The number of piperidine rings is 1. The van der Waals surface area contributed by atoms with Crippen molar-refractivity contribution in [3.05, 3.63) is 41.1 Å². The van der Waals surface area contributed by atoms with E-state index in [2.05, 4.69) is 49.9 Å². The number of carbonyl (C=O) groups excluding carboxylic acids is 1. The van der Waals surface area contributed by atoms with Crippen LogP contribution in [-0.4, -0.2) is 53.2 Å². The van der Waals surface area contributed by atoms with E-state index in [1.165, 1.54) is 34.9 Å². The number of aromatic nitrogens is 1. The molecule has 2 aliphatic rings. The summed E-state index contributed by atoms with van der Waals surface area (Å²) in [7, 11) is 2.26. The molecule has 1 aromatic carbocycles. The Morgan fingerprint density at radius 3 is 2.69 bits per heavy atom. The number of hydrogen-bond acceptors (Lipinski definition) is 2. The zero-order chi connectivity index (χ0) is 20.9. The number of rotatable bonds is 4. The molecule has 4 rings (SSSR count). The van der Waals surface area contributed by atoms with Gasteiger partial charge in [0.05, 0.1) is 5.52 Å². The summed E-state index contributed by atoms with van der Waals surface area (Å²) in [5.41, 5.74) is 10.5. The number of likely N-dealkylation sites (N-methyl/N-ethyl adjacent to an activating group) is 1. The number of hydrogen-bond donors (Lipinski definition) is 1. The van der Waals surface area contributed by atoms with Crippen LogP contribution in [-0.2, 0) is 6.42 Å². The Morgan fingerprint density at radius 2 is 2.03 bits per heavy atom. The van der Waals surface area contributed by atoms with Gasteiger partial charge in [-0.05, 0) is 83.3 Å². The number of amides is 2. The Hall–Kier alpha value is -2.27. The molecule has 1 saturated heterocycles. The fourth-order valence-electron chi connectivity index (χ4n) is 5.36. The van der Waals surface area contributed by atoms with Crippen LogP contribution >= 0.6 is 0 Å². The second-order valence-electron chi connectivity index (χ2n) is 8.73. The smallest absolute Gasteiger partial charge is 0.324 e. The van der Waals surface area contributed by atoms with E-state index in [4.69, 9.17) is 0 Å². The maximum Gasteiger partial charge on any atom is 0.336 e. The average molecular weight is 395 g/mol. The Labute approximate surface area is 174 Å². The third kappa shape index (κ3) is 3.16. The Bertz CT molecular complexity index is 969. The van der Waals surface area contributed by atoms with Gasteiger partial charge in [-0.3, -0.25) is 4.68 Å². The fourth-order valence-corrected chi connectivity index (χ4v) is 5.36. The fraction of sp³-hybridized carbons (Fsp3) is 0.542. The second-order valence-corrected chi connectivity index (χ2v) is 8.73. The molecule has 0 bridgehead atoms. The molecular formula is C24H34N4O. The lowest BCUT2D eigenvalue weighted by Crippen LogP contribution is -2.44. The summed E-state index contributed by atoms with van der Waals surface area (Å²) in [4.78, 5) is 17.2. The molecule has 1 fully saturated rings. The Balaban J connectivity index is 1.91. The number of fused-ring (bicyclic) bond motifs is 2. The van der Waals surface area contributed by atoms with Gasteiger partial charge in [-0.1, -0.05) is 18.2 Å². The van der Waals surface area contributed by atoms with Crippen LogP contribution in [0.5, 0.6) is 0 Å². The molecular weight excluding hydrogens is 360 g/mol. The van der Waals surface area contributed by atoms with Gasteiger partial charge in [-0.25, -0.2) is 10.2 Å². The highest BCUT2D eigenvalue weighted by atomic mass is 16.2. The van der Waals surface area contributed by atoms with E-state index in [1.54, 1.807) is 0 Å². The minimum Gasteiger partial charge on any atom is -0.324 e. The van der Waals surface area contributed by atoms with Gasteiger partial charge >= 0.3 is 6.03 Å². The van der Waals surface area contributed by atoms with Gasteiger partial charge in [0, 0.05) is 36.1 Å². The van der Waals surface area contributed by atoms with E-state index in [1.807, 2.05) is 23.4 Å². The summed E-state index contributed by atoms with van der Waals surface area (Å²) >= 11 is 0. The monoisotopic (exact) mass is 394 g/mol. The van der Waals surface area contributed by atoms with Crippen LogP contribution in [0.15, 0.2) is 18.7 Å². The number of benzene rings is 1. The average Bonchev–Trinajstić information content (AvgIpc) is 2.96. The van der Waals surface area contributed by atoms with E-state index in [0.717, 1.165) is 29.7 Å². The van der Waals surface area contributed by atoms with Crippen molar-refractivity contribution in [2.75, 3.05) is 32.1 Å². The van der Waals surface area contributed by atoms with Crippen LogP contribution in [0, 0.1) is 6.92 Å². The lowest BCUT2D eigenvalue weighted by molar-refractivity contribution is 0.157. The summed E-state index contributed by atoms with van der Waals surface area (Å²) < 4.78 is 2.03. The zero-order valence-corrected chi connectivity index (χ0v) is 18.5. The first kappa shape index (κ1) is 20.0. The highest BCUT2D eigenvalue weighted by Crippen LogP contribution is 2.45. The molecule has 5 nitrogen and oxygen atoms in total. The molecule has 0 unspecified atom stereocenters. The molecule has 1 aromatic heterocycles. The third-order valence-corrected chi connectivity index (χ3v) is 7.08. The molecule has 0 radical (unpaired) electrons. The minimum absolute atomic E-state index is 0.0439. The molecule has 5 heteroatoms. The molecule has 2 amide bonds. The van der Waals surface area contributed by atoms with E-state index in [-0.39, 0.29) is 6.03 Å². The van der Waals surface area contributed by atoms with Gasteiger partial charge in [0.1, 0.15) is 0 Å². The first-order chi connectivity index (χ1) is 13.9. The van der Waals surface area contributed by atoms with Crippen LogP contribution in [0.4, 0.5) is 4.79 Å². The predicted octanol–water partition coefficient (Wildman–Crippen LogP) is 4.72. The highest BCUT2D eigenvalue weighted by Gasteiger charge is 2.38. The van der Waals surface area contributed by atoms with Crippen LogP contribution in [0.25, 0.3) is 16.5 Å². The zero-order valence-electron chi connectivity index (χ0n) is 18.5. The number of allylic oxidation sites excluding steroid dienone is 1. The molecule has 29 heavy (non-hydrogen) atoms. The van der Waals surface area contributed by atoms with Crippen molar-refractivity contribution in [1.82, 2.24) is 14.5 Å². The van der Waals surface area contributed by atoms with Gasteiger partial charge in [0.2, 0.25) is 0 Å². The maximum absolute atomic E-state index is 12.9. The standard InChI is InChI=1S/C24H34N4O/c1-7-27(8-2)24(29)25-28-16(5)19-14-21-18(10-9-11-26(21)6)20-12-17(15(3)4)13-22(28)23(19)20/h12-13,18,21H,3,7-11,14H2,1-2,4-6H3,(H,25,29)/t18-,21-/m1/s1. The summed E-state index contributed by atoms with van der Waals surface area (Å²) in [6.07, 6.45) is 3.53. The lowest BCUT2D eigenvalue weighted by atomic mass is 9.74. The van der Waals surface area contributed by atoms with E-state index < -0.39 is 0 Å². The van der Waals surface area contributed by atoms with Crippen molar-refractivity contribution in [3.8, 4) is 0 Å². The van der Waals surface area contributed by atoms with Crippen molar-refractivity contribution in [3.63, 3.8) is 0 Å². The molecule has 2 aromatic rings. The molecule has 2 atom stereocenters. The normalized spacial score (nSPS) is 21.1. The van der Waals surface area contributed by atoms with Crippen LogP contribution in [0.1, 0.15) is 61.9 Å². The van der Waals surface area contributed by atoms with E-state index in [0.29, 0.717) is 25.0 Å². The minimum atomic E-state index is -0.0439. The Kier molecular flexibility index (Phi) is 5.19. The number of likely N-dealkylation sites (tertiary alicyclic amines) is 1. The third-order valence-electron chi connectivity index (χ3n) is 7.08. The van der Waals surface area contributed by atoms with Gasteiger partial charge in [0.15, 0.2) is 0 Å². The predicted molar refractivity (Wildman–Crippen MR) is 121 cm³/mol. The van der Waals surface area contributed by atoms with E-state index in [9.17, 15) is 4.79 Å². The van der Waals surface area contributed by atoms with Crippen LogP contribution in [0.2, 0.25) is 0 Å². The van der Waals surface area contributed by atoms with Crippen molar-refractivity contribution >= 4 is 22.5 Å². The van der Waals surface area contributed by atoms with Crippen LogP contribution < -0.4 is 5.43 Å². The van der Waals surface area contributed by atoms with Gasteiger partial charge in [-0.15, -0.1) is 0 Å². The summed E-state index contributed by atoms with van der Waals surface area (Å²) in [5.74, 6) is 0.553. The first-order valence-electron chi connectivity index (χ1n) is 11.0. The molecule has 156 valence electrons. The van der Waals surface area contributed by atoms with Gasteiger partial charge in [-0.2, -0.15) is 0 Å². The quantitative estimate of drug-likeness (QED) is 0.815. The number of carbonyl (C=O) groups is 1. The number of nitrogens with zero attached hydrogens (tertiary/aromatic N) is 3. The van der Waals surface area contributed by atoms with E-state index >= 15 is 0 Å². The number of nitrogens with one attached hydrogen (secondary N) is 1. The van der Waals surface area contributed by atoms with Crippen molar-refractivity contribution < 1.29 is 4.79 Å².